The molecule has 1 unspecified atom stereocenters. The van der Waals surface area contributed by atoms with Crippen LogP contribution >= 0.6 is 0 Å². The molecule has 0 saturated heterocycles. The van der Waals surface area contributed by atoms with Crippen molar-refractivity contribution in [1.29, 1.82) is 0 Å². The van der Waals surface area contributed by atoms with Gasteiger partial charge in [-0.05, 0) is 73.1 Å². The molecule has 0 spiro atoms. The Morgan fingerprint density at radius 1 is 1.09 bits per heavy atom. The SMILES string of the molecule is O=C(O)COc1cccc2c1CCCC2CCC(=O)N(C1=CNC=CC=C1)c1ccccc1. The maximum absolute atomic E-state index is 13.5. The van der Waals surface area contributed by atoms with Gasteiger partial charge in [-0.1, -0.05) is 36.4 Å². The van der Waals surface area contributed by atoms with Crippen LogP contribution in [0.3, 0.4) is 0 Å². The molecule has 2 aliphatic rings. The Bertz CT molecular complexity index is 1090. The number of hydrogen-bond acceptors (Lipinski definition) is 4. The number of hydrogen-bond donors (Lipinski definition) is 2. The van der Waals surface area contributed by atoms with E-state index in [9.17, 15) is 9.59 Å². The monoisotopic (exact) mass is 444 g/mol. The molecule has 2 N–H and O–H groups in total. The van der Waals surface area contributed by atoms with E-state index < -0.39 is 5.97 Å². The molecule has 1 atom stereocenters. The molecule has 1 aliphatic carbocycles. The smallest absolute Gasteiger partial charge is 0.341 e. The van der Waals surface area contributed by atoms with E-state index in [0.29, 0.717) is 12.2 Å². The van der Waals surface area contributed by atoms with E-state index in [1.54, 1.807) is 4.90 Å². The summed E-state index contributed by atoms with van der Waals surface area (Å²) in [5.41, 5.74) is 3.86. The zero-order chi connectivity index (χ0) is 23.0. The number of allylic oxidation sites excluding steroid dienone is 3. The minimum absolute atomic E-state index is 0.0335. The third-order valence-electron chi connectivity index (χ3n) is 5.97. The number of nitrogens with one attached hydrogen (secondary N) is 1. The van der Waals surface area contributed by atoms with E-state index in [0.717, 1.165) is 42.6 Å². The maximum atomic E-state index is 13.5. The zero-order valence-corrected chi connectivity index (χ0v) is 18.4. The van der Waals surface area contributed by atoms with Gasteiger partial charge in [0.1, 0.15) is 5.75 Å². The highest BCUT2D eigenvalue weighted by molar-refractivity contribution is 5.97. The van der Waals surface area contributed by atoms with E-state index in [4.69, 9.17) is 9.84 Å². The van der Waals surface area contributed by atoms with Crippen molar-refractivity contribution in [1.82, 2.24) is 5.32 Å². The maximum Gasteiger partial charge on any atom is 0.341 e. The third kappa shape index (κ3) is 5.52. The quantitative estimate of drug-likeness (QED) is 0.606. The Morgan fingerprint density at radius 2 is 1.94 bits per heavy atom. The van der Waals surface area contributed by atoms with Gasteiger partial charge in [0, 0.05) is 24.5 Å². The van der Waals surface area contributed by atoms with Crippen LogP contribution in [0, 0.1) is 0 Å². The van der Waals surface area contributed by atoms with Crippen LogP contribution in [-0.4, -0.2) is 23.6 Å². The van der Waals surface area contributed by atoms with Crippen molar-refractivity contribution in [2.75, 3.05) is 11.5 Å². The number of carbonyl (C=O) groups excluding carboxylic acids is 1. The van der Waals surface area contributed by atoms with E-state index in [2.05, 4.69) is 11.4 Å². The van der Waals surface area contributed by atoms with Crippen LogP contribution < -0.4 is 15.0 Å². The minimum atomic E-state index is -0.988. The standard InChI is InChI=1S/C27H28N2O4/c30-26(29(21-9-2-1-3-10-21)22-11-4-5-17-28-18-22)16-15-20-8-6-13-24-23(20)12-7-14-25(24)33-19-27(31)32/h1-5,7,9-12,14,17-18,20,28H,6,8,13,15-16,19H2,(H,31,32). The summed E-state index contributed by atoms with van der Waals surface area (Å²) in [5, 5.41) is 12.1. The summed E-state index contributed by atoms with van der Waals surface area (Å²) in [6, 6.07) is 15.5. The van der Waals surface area contributed by atoms with Gasteiger partial charge in [-0.2, -0.15) is 0 Å². The van der Waals surface area contributed by atoms with Crippen molar-refractivity contribution in [3.05, 3.63) is 96.0 Å². The van der Waals surface area contributed by atoms with Crippen molar-refractivity contribution >= 4 is 17.6 Å². The fraction of sp³-hybridized carbons (Fsp3) is 0.259. The molecule has 0 aromatic heterocycles. The van der Waals surface area contributed by atoms with E-state index in [1.165, 1.54) is 5.56 Å². The molecule has 0 bridgehead atoms. The first kappa shape index (κ1) is 22.4. The summed E-state index contributed by atoms with van der Waals surface area (Å²) in [5.74, 6) is -0.0735. The molecule has 2 aromatic carbocycles. The summed E-state index contributed by atoms with van der Waals surface area (Å²) in [6.45, 7) is -0.350. The molecule has 170 valence electrons. The number of anilines is 1. The summed E-state index contributed by atoms with van der Waals surface area (Å²) in [4.78, 5) is 26.2. The van der Waals surface area contributed by atoms with Crippen LogP contribution in [0.15, 0.2) is 84.9 Å². The topological polar surface area (TPSA) is 78.9 Å². The number of benzene rings is 2. The fourth-order valence-electron chi connectivity index (χ4n) is 4.50. The second kappa shape index (κ2) is 10.7. The van der Waals surface area contributed by atoms with Crippen LogP contribution in [0.1, 0.15) is 42.7 Å². The lowest BCUT2D eigenvalue weighted by Crippen LogP contribution is -2.30. The third-order valence-corrected chi connectivity index (χ3v) is 5.97. The molecular formula is C27H28N2O4. The van der Waals surface area contributed by atoms with Crippen LogP contribution in [0.4, 0.5) is 5.69 Å². The second-order valence-corrected chi connectivity index (χ2v) is 8.15. The van der Waals surface area contributed by atoms with Gasteiger partial charge in [0.2, 0.25) is 5.91 Å². The van der Waals surface area contributed by atoms with Gasteiger partial charge in [-0.3, -0.25) is 9.69 Å². The summed E-state index contributed by atoms with van der Waals surface area (Å²) < 4.78 is 5.52. The average molecular weight is 445 g/mol. The van der Waals surface area contributed by atoms with Gasteiger partial charge in [0.25, 0.3) is 0 Å². The lowest BCUT2D eigenvalue weighted by atomic mass is 9.80. The number of carboxylic acid groups (broad SMARTS) is 1. The molecule has 0 saturated carbocycles. The van der Waals surface area contributed by atoms with Crippen LogP contribution in [0.5, 0.6) is 5.75 Å². The van der Waals surface area contributed by atoms with Crippen molar-refractivity contribution in [2.24, 2.45) is 0 Å². The Kier molecular flexibility index (Phi) is 7.25. The molecule has 2 aromatic rings. The molecule has 1 aliphatic heterocycles. The minimum Gasteiger partial charge on any atom is -0.482 e. The predicted molar refractivity (Wildman–Crippen MR) is 128 cm³/mol. The highest BCUT2D eigenvalue weighted by Crippen LogP contribution is 2.39. The molecule has 1 amide bonds. The number of fused-ring (bicyclic) bond motifs is 1. The van der Waals surface area contributed by atoms with Gasteiger partial charge in [-0.15, -0.1) is 0 Å². The molecule has 4 rings (SSSR count). The van der Waals surface area contributed by atoms with E-state index in [1.807, 2.05) is 73.1 Å². The molecule has 1 heterocycles. The molecule has 33 heavy (non-hydrogen) atoms. The number of rotatable bonds is 8. The van der Waals surface area contributed by atoms with Crippen molar-refractivity contribution < 1.29 is 19.4 Å². The predicted octanol–water partition coefficient (Wildman–Crippen LogP) is 4.90. The van der Waals surface area contributed by atoms with Crippen molar-refractivity contribution in [3.8, 4) is 5.75 Å². The first-order valence-electron chi connectivity index (χ1n) is 11.3. The van der Waals surface area contributed by atoms with Gasteiger partial charge in [0.15, 0.2) is 6.61 Å². The van der Waals surface area contributed by atoms with Crippen LogP contribution in [-0.2, 0) is 16.0 Å². The number of amides is 1. The van der Waals surface area contributed by atoms with Gasteiger partial charge < -0.3 is 15.2 Å². The summed E-state index contributed by atoms with van der Waals surface area (Å²) in [7, 11) is 0. The number of carbonyl (C=O) groups is 2. The molecule has 6 heteroatoms. The van der Waals surface area contributed by atoms with Gasteiger partial charge >= 0.3 is 5.97 Å². The lowest BCUT2D eigenvalue weighted by Gasteiger charge is -2.28. The largest absolute Gasteiger partial charge is 0.482 e. The van der Waals surface area contributed by atoms with E-state index in [-0.39, 0.29) is 18.4 Å². The van der Waals surface area contributed by atoms with Crippen molar-refractivity contribution in [2.45, 2.75) is 38.0 Å². The number of aliphatic carboxylic acids is 1. The highest BCUT2D eigenvalue weighted by Gasteiger charge is 2.26. The number of para-hydroxylation sites is 1. The highest BCUT2D eigenvalue weighted by atomic mass is 16.5. The fourth-order valence-corrected chi connectivity index (χ4v) is 4.50. The molecule has 0 fully saturated rings. The van der Waals surface area contributed by atoms with Gasteiger partial charge in [0.05, 0.1) is 5.70 Å². The van der Waals surface area contributed by atoms with E-state index >= 15 is 0 Å². The number of ether oxygens (including phenoxy) is 1. The molecule has 6 nitrogen and oxygen atoms in total. The average Bonchev–Trinajstić information content (AvgIpc) is 3.11. The number of nitrogens with zero attached hydrogens (tertiary/aromatic N) is 1. The Hall–Kier alpha value is -3.80. The normalized spacial score (nSPS) is 16.7. The number of carboxylic acids is 1. The lowest BCUT2D eigenvalue weighted by molar-refractivity contribution is -0.139. The van der Waals surface area contributed by atoms with Crippen LogP contribution in [0.25, 0.3) is 0 Å². The first-order valence-corrected chi connectivity index (χ1v) is 11.3. The molecule has 0 radical (unpaired) electrons. The summed E-state index contributed by atoms with van der Waals surface area (Å²) in [6.07, 6.45) is 13.3. The van der Waals surface area contributed by atoms with Crippen molar-refractivity contribution in [3.63, 3.8) is 0 Å². The van der Waals surface area contributed by atoms with Gasteiger partial charge in [-0.25, -0.2) is 4.79 Å². The Balaban J connectivity index is 1.51. The summed E-state index contributed by atoms with van der Waals surface area (Å²) >= 11 is 0. The Labute approximate surface area is 193 Å². The second-order valence-electron chi connectivity index (χ2n) is 8.15. The molecular weight excluding hydrogens is 416 g/mol. The Morgan fingerprint density at radius 3 is 2.76 bits per heavy atom. The zero-order valence-electron chi connectivity index (χ0n) is 18.4. The van der Waals surface area contributed by atoms with Crippen LogP contribution in [0.2, 0.25) is 0 Å². The first-order chi connectivity index (χ1) is 16.1.